The zero-order valence-corrected chi connectivity index (χ0v) is 24.9. The molecule has 3 aliphatic heterocycles. The number of pyridine rings is 2. The van der Waals surface area contributed by atoms with E-state index in [1.807, 2.05) is 46.2 Å². The van der Waals surface area contributed by atoms with Crippen LogP contribution in [0.15, 0.2) is 30.3 Å². The highest BCUT2D eigenvalue weighted by atomic mass is 16.5. The van der Waals surface area contributed by atoms with Crippen LogP contribution in [0.3, 0.4) is 0 Å². The molecule has 4 atom stereocenters. The van der Waals surface area contributed by atoms with E-state index in [2.05, 4.69) is 22.0 Å². The Kier molecular flexibility index (Phi) is 5.98. The molecule has 0 radical (unpaired) electrons. The molecule has 0 unspecified atom stereocenters. The summed E-state index contributed by atoms with van der Waals surface area (Å²) in [7, 11) is 1.63. The van der Waals surface area contributed by atoms with Crippen molar-refractivity contribution in [2.24, 2.45) is 11.7 Å². The minimum absolute atomic E-state index is 0.00355. The van der Waals surface area contributed by atoms with Gasteiger partial charge in [0.25, 0.3) is 5.91 Å². The molecule has 4 fully saturated rings. The lowest BCUT2D eigenvalue weighted by Gasteiger charge is -2.23. The number of ether oxygens (including phenoxy) is 1. The van der Waals surface area contributed by atoms with E-state index in [0.29, 0.717) is 36.1 Å². The highest BCUT2D eigenvalue weighted by molar-refractivity contribution is 5.97. The Hall–Kier alpha value is -4.12. The van der Waals surface area contributed by atoms with Crippen molar-refractivity contribution in [3.05, 3.63) is 47.3 Å². The maximum Gasteiger partial charge on any atom is 0.318 e. The van der Waals surface area contributed by atoms with Gasteiger partial charge in [-0.15, -0.1) is 0 Å². The van der Waals surface area contributed by atoms with Crippen molar-refractivity contribution in [3.8, 4) is 17.3 Å². The fourth-order valence-corrected chi connectivity index (χ4v) is 7.62. The third-order valence-electron chi connectivity index (χ3n) is 10.1. The van der Waals surface area contributed by atoms with Gasteiger partial charge in [0.15, 0.2) is 5.88 Å². The molecular formula is C32H38N8O3. The molecule has 7 heterocycles. The van der Waals surface area contributed by atoms with E-state index in [4.69, 9.17) is 20.4 Å². The van der Waals surface area contributed by atoms with E-state index in [-0.39, 0.29) is 36.1 Å². The van der Waals surface area contributed by atoms with Crippen LogP contribution >= 0.6 is 0 Å². The number of nitrogens with one attached hydrogen (secondary N) is 1. The zero-order valence-electron chi connectivity index (χ0n) is 24.9. The molecule has 43 heavy (non-hydrogen) atoms. The molecular weight excluding hydrogens is 544 g/mol. The highest BCUT2D eigenvalue weighted by Gasteiger charge is 2.47. The molecule has 3 N–H and O–H groups in total. The van der Waals surface area contributed by atoms with Crippen LogP contribution in [0.5, 0.6) is 5.88 Å². The van der Waals surface area contributed by atoms with Crippen LogP contribution in [-0.4, -0.2) is 79.0 Å². The largest absolute Gasteiger partial charge is 0.482 e. The number of urea groups is 1. The number of aromatic nitrogens is 4. The Labute approximate surface area is 250 Å². The molecule has 0 aromatic carbocycles. The third-order valence-corrected chi connectivity index (χ3v) is 10.1. The number of carbonyl (C=O) groups excluding carboxylic acids is 2. The number of hydrogen-bond acceptors (Lipinski definition) is 6. The predicted molar refractivity (Wildman–Crippen MR) is 162 cm³/mol. The maximum absolute atomic E-state index is 13.8. The number of rotatable bonds is 7. The van der Waals surface area contributed by atoms with Crippen molar-refractivity contribution in [1.82, 2.24) is 34.1 Å². The Morgan fingerprint density at radius 1 is 1.16 bits per heavy atom. The van der Waals surface area contributed by atoms with Crippen LogP contribution in [-0.2, 0) is 6.54 Å². The van der Waals surface area contributed by atoms with Gasteiger partial charge < -0.3 is 30.2 Å². The van der Waals surface area contributed by atoms with Gasteiger partial charge in [0.1, 0.15) is 17.0 Å². The normalized spacial score (nSPS) is 24.0. The van der Waals surface area contributed by atoms with Crippen LogP contribution in [0, 0.1) is 12.8 Å². The van der Waals surface area contributed by atoms with Crippen molar-refractivity contribution < 1.29 is 14.3 Å². The molecule has 4 aromatic rings. The van der Waals surface area contributed by atoms with Crippen molar-refractivity contribution >= 4 is 28.6 Å². The van der Waals surface area contributed by atoms with Crippen molar-refractivity contribution in [2.75, 3.05) is 20.2 Å². The van der Waals surface area contributed by atoms with E-state index in [0.717, 1.165) is 59.6 Å². The standard InChI is InChI=1S/C32H38N8O3/c1-17(37-11-10-34-32(37)42)24-8-6-20-12-26(38(30(20)35-24)16-19-4-5-19)29-18(2)39-27(36-29)13-21(14-28(39)43-3)31(41)40-22-7-9-25(40)23(33)15-22/h6,8,12-14,17,19,22-23,25H,4-5,7,9-11,15-16,33H2,1-3H3,(H,34,42)/t17-,22+,23-,25-/m1/s1. The number of aryl methyl sites for hydroxylation is 1. The van der Waals surface area contributed by atoms with Crippen LogP contribution in [0.1, 0.15) is 66.8 Å². The predicted octanol–water partition coefficient (Wildman–Crippen LogP) is 3.87. The summed E-state index contributed by atoms with van der Waals surface area (Å²) < 4.78 is 10.1. The Morgan fingerprint density at radius 2 is 2.00 bits per heavy atom. The quantitative estimate of drug-likeness (QED) is 0.341. The van der Waals surface area contributed by atoms with E-state index in [1.54, 1.807) is 7.11 Å². The Balaban J connectivity index is 1.22. The van der Waals surface area contributed by atoms with Crippen LogP contribution in [0.4, 0.5) is 4.79 Å². The van der Waals surface area contributed by atoms with Gasteiger partial charge in [0.05, 0.1) is 30.2 Å². The van der Waals surface area contributed by atoms with Gasteiger partial charge in [-0.1, -0.05) is 0 Å². The monoisotopic (exact) mass is 582 g/mol. The number of imidazole rings is 1. The number of nitrogens with two attached hydrogens (primary N) is 1. The van der Waals surface area contributed by atoms with Crippen molar-refractivity contribution in [2.45, 2.75) is 76.7 Å². The van der Waals surface area contributed by atoms with E-state index in [1.165, 1.54) is 12.8 Å². The van der Waals surface area contributed by atoms with Gasteiger partial charge in [-0.2, -0.15) is 0 Å². The molecule has 224 valence electrons. The van der Waals surface area contributed by atoms with Gasteiger partial charge in [0.2, 0.25) is 0 Å². The maximum atomic E-state index is 13.8. The molecule has 2 bridgehead atoms. The summed E-state index contributed by atoms with van der Waals surface area (Å²) in [6.45, 7) is 6.27. The average molecular weight is 583 g/mol. The molecule has 0 spiro atoms. The first-order chi connectivity index (χ1) is 20.8. The van der Waals surface area contributed by atoms with E-state index < -0.39 is 0 Å². The van der Waals surface area contributed by atoms with Crippen LogP contribution < -0.4 is 15.8 Å². The fraction of sp³-hybridized carbons (Fsp3) is 0.500. The van der Waals surface area contributed by atoms with Gasteiger partial charge in [-0.05, 0) is 76.1 Å². The highest BCUT2D eigenvalue weighted by Crippen LogP contribution is 2.40. The number of hydrogen-bond donors (Lipinski definition) is 2. The zero-order chi connectivity index (χ0) is 29.6. The van der Waals surface area contributed by atoms with E-state index >= 15 is 0 Å². The topological polar surface area (TPSA) is 123 Å². The van der Waals surface area contributed by atoms with Gasteiger partial charge in [-0.25, -0.2) is 14.8 Å². The lowest BCUT2D eigenvalue weighted by Crippen LogP contribution is -2.40. The molecule has 3 amide bonds. The molecule has 11 nitrogen and oxygen atoms in total. The van der Waals surface area contributed by atoms with Gasteiger partial charge >= 0.3 is 6.03 Å². The SMILES string of the molecule is COc1cc(C(=O)N2[C@H]3CC[C@@H]2[C@H](N)C3)cc2nc(-c3cc4ccc([C@@H](C)N5CCNC5=O)nc4n3CC3CC3)c(C)n12. The van der Waals surface area contributed by atoms with Gasteiger partial charge in [-0.3, -0.25) is 9.20 Å². The van der Waals surface area contributed by atoms with E-state index in [9.17, 15) is 9.59 Å². The second-order valence-corrected chi connectivity index (χ2v) is 12.8. The molecule has 4 aromatic heterocycles. The smallest absolute Gasteiger partial charge is 0.318 e. The number of carbonyl (C=O) groups is 2. The minimum atomic E-state index is -0.128. The first-order valence-corrected chi connectivity index (χ1v) is 15.5. The second-order valence-electron chi connectivity index (χ2n) is 12.8. The molecule has 8 rings (SSSR count). The Morgan fingerprint density at radius 3 is 2.67 bits per heavy atom. The number of methoxy groups -OCH3 is 1. The minimum Gasteiger partial charge on any atom is -0.482 e. The molecule has 11 heteroatoms. The summed E-state index contributed by atoms with van der Waals surface area (Å²) >= 11 is 0. The first-order valence-electron chi connectivity index (χ1n) is 15.5. The summed E-state index contributed by atoms with van der Waals surface area (Å²) in [4.78, 5) is 40.2. The summed E-state index contributed by atoms with van der Waals surface area (Å²) in [5, 5.41) is 3.94. The molecule has 1 saturated carbocycles. The molecule has 3 saturated heterocycles. The average Bonchev–Trinajstić information content (AvgIpc) is 3.31. The molecule has 4 aliphatic rings. The summed E-state index contributed by atoms with van der Waals surface area (Å²) in [6, 6.07) is 10.2. The number of fused-ring (bicyclic) bond motifs is 4. The molecule has 1 aliphatic carbocycles. The Bertz CT molecular complexity index is 1790. The summed E-state index contributed by atoms with van der Waals surface area (Å²) in [6.07, 6.45) is 5.26. The third kappa shape index (κ3) is 4.11. The van der Waals surface area contributed by atoms with Gasteiger partial charge in [0, 0.05) is 54.8 Å². The lowest BCUT2D eigenvalue weighted by atomic mass is 9.97. The number of nitrogens with zero attached hydrogens (tertiary/aromatic N) is 6. The second kappa shape index (κ2) is 9.70. The summed E-state index contributed by atoms with van der Waals surface area (Å²) in [5.41, 5.74) is 12.2. The van der Waals surface area contributed by atoms with Crippen molar-refractivity contribution in [1.29, 1.82) is 0 Å². The summed E-state index contributed by atoms with van der Waals surface area (Å²) in [5.74, 6) is 1.19. The fourth-order valence-electron chi connectivity index (χ4n) is 7.62. The number of amides is 3. The first kappa shape index (κ1) is 26.5. The van der Waals surface area contributed by atoms with Crippen molar-refractivity contribution in [3.63, 3.8) is 0 Å². The van der Waals surface area contributed by atoms with Crippen LogP contribution in [0.2, 0.25) is 0 Å². The van der Waals surface area contributed by atoms with Crippen LogP contribution in [0.25, 0.3) is 28.1 Å². The lowest BCUT2D eigenvalue weighted by molar-refractivity contribution is 0.0726.